The zero-order chi connectivity index (χ0) is 16.1. The van der Waals surface area contributed by atoms with E-state index in [1.54, 1.807) is 23.1 Å². The van der Waals surface area contributed by atoms with Crippen LogP contribution in [-0.2, 0) is 9.59 Å². The quantitative estimate of drug-likeness (QED) is 0.890. The number of likely N-dealkylation sites (tertiary alicyclic amines) is 1. The molecule has 1 aromatic rings. The highest BCUT2D eigenvalue weighted by molar-refractivity contribution is 6.35. The molecule has 1 N–H and O–H groups in total. The number of hydrogen-bond acceptors (Lipinski definition) is 3. The molecule has 120 valence electrons. The van der Waals surface area contributed by atoms with E-state index in [4.69, 9.17) is 33.0 Å². The smallest absolute Gasteiger partial charge is 0.306 e. The monoisotopic (exact) mass is 345 g/mol. The molecule has 1 saturated heterocycles. The van der Waals surface area contributed by atoms with E-state index in [0.29, 0.717) is 41.7 Å². The highest BCUT2D eigenvalue weighted by Crippen LogP contribution is 2.27. The Morgan fingerprint density at radius 3 is 2.55 bits per heavy atom. The second-order valence-corrected chi connectivity index (χ2v) is 6.01. The lowest BCUT2D eigenvalue weighted by molar-refractivity contribution is -0.145. The number of nitrogens with zero attached hydrogens (tertiary/aromatic N) is 1. The fourth-order valence-electron chi connectivity index (χ4n) is 2.37. The summed E-state index contributed by atoms with van der Waals surface area (Å²) in [7, 11) is 0. The minimum Gasteiger partial charge on any atom is -0.491 e. The Morgan fingerprint density at radius 2 is 1.95 bits per heavy atom. The Balaban J connectivity index is 1.75. The molecule has 0 saturated carbocycles. The van der Waals surface area contributed by atoms with Crippen LogP contribution in [0.25, 0.3) is 0 Å². The fraction of sp³-hybridized carbons (Fsp3) is 0.467. The molecule has 2 rings (SSSR count). The second kappa shape index (κ2) is 7.70. The summed E-state index contributed by atoms with van der Waals surface area (Å²) in [4.78, 5) is 24.6. The number of aliphatic carboxylic acids is 1. The molecule has 1 fully saturated rings. The average molecular weight is 346 g/mol. The molecule has 1 aromatic carbocycles. The number of ether oxygens (including phenoxy) is 1. The first kappa shape index (κ1) is 16.9. The van der Waals surface area contributed by atoms with Gasteiger partial charge in [0, 0.05) is 18.1 Å². The Kier molecular flexibility index (Phi) is 5.91. The predicted molar refractivity (Wildman–Crippen MR) is 83.5 cm³/mol. The summed E-state index contributed by atoms with van der Waals surface area (Å²) in [6.07, 6.45) is 1.24. The SMILES string of the molecule is O=C(O)C1CCN(C(=O)CCOc2ccc(Cl)cc2Cl)CC1. The molecule has 22 heavy (non-hydrogen) atoms. The van der Waals surface area contributed by atoms with Gasteiger partial charge in [-0.2, -0.15) is 0 Å². The van der Waals surface area contributed by atoms with Gasteiger partial charge in [-0.1, -0.05) is 23.2 Å². The van der Waals surface area contributed by atoms with Crippen molar-refractivity contribution in [2.75, 3.05) is 19.7 Å². The van der Waals surface area contributed by atoms with E-state index < -0.39 is 5.97 Å². The zero-order valence-electron chi connectivity index (χ0n) is 11.9. The standard InChI is InChI=1S/C15H17Cl2NO4/c16-11-1-2-13(12(17)9-11)22-8-5-14(19)18-6-3-10(4-7-18)15(20)21/h1-2,9-10H,3-8H2,(H,20,21). The topological polar surface area (TPSA) is 66.8 Å². The molecule has 5 nitrogen and oxygen atoms in total. The van der Waals surface area contributed by atoms with E-state index >= 15 is 0 Å². The van der Waals surface area contributed by atoms with Crippen molar-refractivity contribution in [1.82, 2.24) is 4.90 Å². The maximum Gasteiger partial charge on any atom is 0.306 e. The summed E-state index contributed by atoms with van der Waals surface area (Å²) in [6, 6.07) is 4.91. The van der Waals surface area contributed by atoms with E-state index in [9.17, 15) is 9.59 Å². The Hall–Kier alpha value is -1.46. The molecular weight excluding hydrogens is 329 g/mol. The lowest BCUT2D eigenvalue weighted by Crippen LogP contribution is -2.40. The van der Waals surface area contributed by atoms with Gasteiger partial charge in [-0.05, 0) is 31.0 Å². The molecule has 0 unspecified atom stereocenters. The molecule has 0 atom stereocenters. The van der Waals surface area contributed by atoms with Gasteiger partial charge >= 0.3 is 5.97 Å². The van der Waals surface area contributed by atoms with Gasteiger partial charge in [-0.3, -0.25) is 9.59 Å². The van der Waals surface area contributed by atoms with Crippen LogP contribution < -0.4 is 4.74 Å². The van der Waals surface area contributed by atoms with Gasteiger partial charge in [0.25, 0.3) is 0 Å². The summed E-state index contributed by atoms with van der Waals surface area (Å²) in [5.41, 5.74) is 0. The molecule has 7 heteroatoms. The highest BCUT2D eigenvalue weighted by atomic mass is 35.5. The largest absolute Gasteiger partial charge is 0.491 e. The zero-order valence-corrected chi connectivity index (χ0v) is 13.4. The van der Waals surface area contributed by atoms with E-state index in [1.807, 2.05) is 0 Å². The maximum absolute atomic E-state index is 12.0. The van der Waals surface area contributed by atoms with E-state index in [-0.39, 0.29) is 24.9 Å². The molecule has 0 aliphatic carbocycles. The van der Waals surface area contributed by atoms with E-state index in [0.717, 1.165) is 0 Å². The number of benzene rings is 1. The van der Waals surface area contributed by atoms with Crippen LogP contribution in [0.5, 0.6) is 5.75 Å². The first-order valence-electron chi connectivity index (χ1n) is 7.06. The molecule has 1 aliphatic heterocycles. The van der Waals surface area contributed by atoms with Crippen molar-refractivity contribution in [2.45, 2.75) is 19.3 Å². The Labute approximate surface area is 138 Å². The van der Waals surface area contributed by atoms with Gasteiger partial charge in [-0.15, -0.1) is 0 Å². The van der Waals surface area contributed by atoms with Gasteiger partial charge in [0.2, 0.25) is 5.91 Å². The van der Waals surface area contributed by atoms with Crippen molar-refractivity contribution in [3.8, 4) is 5.75 Å². The summed E-state index contributed by atoms with van der Waals surface area (Å²) >= 11 is 11.8. The van der Waals surface area contributed by atoms with Crippen molar-refractivity contribution >= 4 is 35.1 Å². The molecule has 1 aliphatic rings. The number of carboxylic acid groups (broad SMARTS) is 1. The van der Waals surface area contributed by atoms with Crippen LogP contribution in [0.1, 0.15) is 19.3 Å². The fourth-order valence-corrected chi connectivity index (χ4v) is 2.84. The van der Waals surface area contributed by atoms with Crippen molar-refractivity contribution in [1.29, 1.82) is 0 Å². The third-order valence-electron chi connectivity index (χ3n) is 3.66. The molecule has 1 amide bonds. The predicted octanol–water partition coefficient (Wildman–Crippen LogP) is 3.09. The van der Waals surface area contributed by atoms with E-state index in [1.165, 1.54) is 0 Å². The number of piperidine rings is 1. The molecule has 0 spiro atoms. The summed E-state index contributed by atoms with van der Waals surface area (Å²) in [5.74, 6) is -0.668. The molecule has 1 heterocycles. The first-order valence-corrected chi connectivity index (χ1v) is 7.81. The van der Waals surface area contributed by atoms with Gasteiger partial charge in [0.05, 0.1) is 24.0 Å². The summed E-state index contributed by atoms with van der Waals surface area (Å²) < 4.78 is 5.48. The average Bonchev–Trinajstić information content (AvgIpc) is 2.49. The maximum atomic E-state index is 12.0. The Morgan fingerprint density at radius 1 is 1.27 bits per heavy atom. The molecular formula is C15H17Cl2NO4. The Bertz CT molecular complexity index is 556. The number of halogens is 2. The van der Waals surface area contributed by atoms with Crippen molar-refractivity contribution in [2.24, 2.45) is 5.92 Å². The molecule has 0 bridgehead atoms. The number of carboxylic acids is 1. The van der Waals surface area contributed by atoms with Crippen LogP contribution in [0.2, 0.25) is 10.0 Å². The van der Waals surface area contributed by atoms with Gasteiger partial charge < -0.3 is 14.7 Å². The summed E-state index contributed by atoms with van der Waals surface area (Å²) in [6.45, 7) is 1.19. The number of carbonyl (C=O) groups excluding carboxylic acids is 1. The second-order valence-electron chi connectivity index (χ2n) is 5.17. The third-order valence-corrected chi connectivity index (χ3v) is 4.19. The van der Waals surface area contributed by atoms with Crippen LogP contribution in [0.3, 0.4) is 0 Å². The number of rotatable bonds is 5. The lowest BCUT2D eigenvalue weighted by atomic mass is 9.97. The minimum atomic E-state index is -0.784. The number of amides is 1. The van der Waals surface area contributed by atoms with Crippen molar-refractivity contribution < 1.29 is 19.4 Å². The molecule has 0 aromatic heterocycles. The van der Waals surface area contributed by atoms with E-state index in [2.05, 4.69) is 0 Å². The first-order chi connectivity index (χ1) is 10.5. The number of hydrogen-bond donors (Lipinski definition) is 1. The molecule has 0 radical (unpaired) electrons. The van der Waals surface area contributed by atoms with Crippen LogP contribution in [0.15, 0.2) is 18.2 Å². The van der Waals surface area contributed by atoms with Crippen molar-refractivity contribution in [3.63, 3.8) is 0 Å². The van der Waals surface area contributed by atoms with Crippen molar-refractivity contribution in [3.05, 3.63) is 28.2 Å². The van der Waals surface area contributed by atoms with Crippen LogP contribution >= 0.6 is 23.2 Å². The van der Waals surface area contributed by atoms with Gasteiger partial charge in [0.15, 0.2) is 0 Å². The third kappa shape index (κ3) is 4.52. The van der Waals surface area contributed by atoms with Crippen LogP contribution in [-0.4, -0.2) is 41.6 Å². The normalized spacial score (nSPS) is 15.6. The van der Waals surface area contributed by atoms with Crippen LogP contribution in [0.4, 0.5) is 0 Å². The number of carbonyl (C=O) groups is 2. The summed E-state index contributed by atoms with van der Waals surface area (Å²) in [5, 5.41) is 9.86. The van der Waals surface area contributed by atoms with Gasteiger partial charge in [0.1, 0.15) is 5.75 Å². The minimum absolute atomic E-state index is 0.0334. The van der Waals surface area contributed by atoms with Crippen LogP contribution in [0, 0.1) is 5.92 Å². The van der Waals surface area contributed by atoms with Gasteiger partial charge in [-0.25, -0.2) is 0 Å². The highest BCUT2D eigenvalue weighted by Gasteiger charge is 2.26. The lowest BCUT2D eigenvalue weighted by Gasteiger charge is -2.30.